The molecule has 0 saturated carbocycles. The Bertz CT molecular complexity index is 895. The number of nitrogens with zero attached hydrogens (tertiary/aromatic N) is 2. The van der Waals surface area contributed by atoms with E-state index in [0.29, 0.717) is 12.2 Å². The van der Waals surface area contributed by atoms with Gasteiger partial charge in [-0.2, -0.15) is 0 Å². The highest BCUT2D eigenvalue weighted by Gasteiger charge is 2.19. The fourth-order valence-corrected chi connectivity index (χ4v) is 3.59. The summed E-state index contributed by atoms with van der Waals surface area (Å²) in [5.41, 5.74) is 9.61. The Morgan fingerprint density at radius 2 is 1.80 bits per heavy atom. The van der Waals surface area contributed by atoms with Crippen molar-refractivity contribution in [2.75, 3.05) is 31.1 Å². The molecule has 2 heterocycles. The number of anilines is 1. The monoisotopic (exact) mass is 334 g/mol. The molecule has 0 atom stereocenters. The minimum atomic E-state index is -0.390. The van der Waals surface area contributed by atoms with Crippen LogP contribution < -0.4 is 16.0 Å². The minimum Gasteiger partial charge on any atom is -0.368 e. The van der Waals surface area contributed by atoms with Gasteiger partial charge in [0.2, 0.25) is 0 Å². The van der Waals surface area contributed by atoms with E-state index in [2.05, 4.69) is 40.5 Å². The minimum absolute atomic E-state index is 0.390. The van der Waals surface area contributed by atoms with Crippen LogP contribution in [0.25, 0.3) is 10.9 Å². The van der Waals surface area contributed by atoms with Crippen LogP contribution in [0, 0.1) is 0 Å². The summed E-state index contributed by atoms with van der Waals surface area (Å²) in [6, 6.07) is 18.3. The van der Waals surface area contributed by atoms with Crippen molar-refractivity contribution in [3.05, 3.63) is 65.9 Å². The van der Waals surface area contributed by atoms with Crippen LogP contribution in [-0.4, -0.2) is 36.7 Å². The summed E-state index contributed by atoms with van der Waals surface area (Å²) in [5, 5.41) is 4.47. The number of amides is 1. The van der Waals surface area contributed by atoms with Crippen LogP contribution in [0.5, 0.6) is 0 Å². The Morgan fingerprint density at radius 1 is 1.04 bits per heavy atom. The molecule has 0 unspecified atom stereocenters. The molecule has 0 radical (unpaired) electrons. The predicted octanol–water partition coefficient (Wildman–Crippen LogP) is 2.20. The molecule has 0 bridgehead atoms. The lowest BCUT2D eigenvalue weighted by atomic mass is 10.1. The predicted molar refractivity (Wildman–Crippen MR) is 101 cm³/mol. The molecule has 1 fully saturated rings. The molecule has 25 heavy (non-hydrogen) atoms. The first-order chi connectivity index (χ1) is 12.2. The Balaban J connectivity index is 1.83. The quantitative estimate of drug-likeness (QED) is 0.769. The number of benzene rings is 2. The lowest BCUT2D eigenvalue weighted by Crippen LogP contribution is -2.43. The first kappa shape index (κ1) is 15.7. The number of carbonyl (C=O) groups excluding carboxylic acids is 1. The lowest BCUT2D eigenvalue weighted by Gasteiger charge is -2.30. The van der Waals surface area contributed by atoms with Crippen molar-refractivity contribution in [2.24, 2.45) is 5.73 Å². The number of carbonyl (C=O) groups is 1. The van der Waals surface area contributed by atoms with Gasteiger partial charge in [-0.05, 0) is 23.8 Å². The second-order valence-electron chi connectivity index (χ2n) is 6.41. The second-order valence-corrected chi connectivity index (χ2v) is 6.41. The van der Waals surface area contributed by atoms with Gasteiger partial charge in [0.25, 0.3) is 5.91 Å². The van der Waals surface area contributed by atoms with Gasteiger partial charge in [-0.25, -0.2) is 0 Å². The SMILES string of the molecule is NC(=O)c1cc2c(N3CCNCC3)cccc2n1Cc1ccccc1. The fourth-order valence-electron chi connectivity index (χ4n) is 3.59. The third kappa shape index (κ3) is 2.98. The van der Waals surface area contributed by atoms with E-state index in [1.807, 2.05) is 28.8 Å². The van der Waals surface area contributed by atoms with Gasteiger partial charge in [0.1, 0.15) is 5.69 Å². The summed E-state index contributed by atoms with van der Waals surface area (Å²) in [4.78, 5) is 14.4. The van der Waals surface area contributed by atoms with Gasteiger partial charge in [-0.1, -0.05) is 36.4 Å². The lowest BCUT2D eigenvalue weighted by molar-refractivity contribution is 0.0992. The third-order valence-electron chi connectivity index (χ3n) is 4.82. The summed E-state index contributed by atoms with van der Waals surface area (Å²) in [6.07, 6.45) is 0. The van der Waals surface area contributed by atoms with E-state index < -0.39 is 5.91 Å². The van der Waals surface area contributed by atoms with Crippen molar-refractivity contribution in [3.8, 4) is 0 Å². The van der Waals surface area contributed by atoms with Crippen molar-refractivity contribution in [1.82, 2.24) is 9.88 Å². The number of rotatable bonds is 4. The molecule has 1 amide bonds. The maximum absolute atomic E-state index is 12.0. The zero-order chi connectivity index (χ0) is 17.2. The van der Waals surface area contributed by atoms with Crippen LogP contribution in [0.2, 0.25) is 0 Å². The third-order valence-corrected chi connectivity index (χ3v) is 4.82. The average Bonchev–Trinajstić information content (AvgIpc) is 3.02. The van der Waals surface area contributed by atoms with Crippen LogP contribution in [0.1, 0.15) is 16.1 Å². The Morgan fingerprint density at radius 3 is 2.52 bits per heavy atom. The van der Waals surface area contributed by atoms with E-state index in [1.54, 1.807) is 0 Å². The first-order valence-corrected chi connectivity index (χ1v) is 8.66. The molecule has 0 spiro atoms. The van der Waals surface area contributed by atoms with Crippen LogP contribution >= 0.6 is 0 Å². The van der Waals surface area contributed by atoms with Crippen molar-refractivity contribution in [3.63, 3.8) is 0 Å². The van der Waals surface area contributed by atoms with Gasteiger partial charge in [0.05, 0.1) is 5.52 Å². The topological polar surface area (TPSA) is 63.3 Å². The fraction of sp³-hybridized carbons (Fsp3) is 0.250. The second kappa shape index (κ2) is 6.61. The highest BCUT2D eigenvalue weighted by molar-refractivity contribution is 6.02. The summed E-state index contributed by atoms with van der Waals surface area (Å²) in [7, 11) is 0. The standard InChI is InChI=1S/C20H22N4O/c21-20(25)19-13-16-17(23-11-9-22-10-12-23)7-4-8-18(16)24(19)14-15-5-2-1-3-6-15/h1-8,13,22H,9-12,14H2,(H2,21,25). The van der Waals surface area contributed by atoms with Crippen LogP contribution in [0.3, 0.4) is 0 Å². The normalized spacial score (nSPS) is 14.8. The van der Waals surface area contributed by atoms with E-state index in [4.69, 9.17) is 5.73 Å². The van der Waals surface area contributed by atoms with Gasteiger partial charge in [-0.15, -0.1) is 0 Å². The molecule has 0 aliphatic carbocycles. The van der Waals surface area contributed by atoms with Crippen LogP contribution in [-0.2, 0) is 6.54 Å². The van der Waals surface area contributed by atoms with Gasteiger partial charge in [0, 0.05) is 43.8 Å². The number of piperazine rings is 1. The maximum Gasteiger partial charge on any atom is 0.265 e. The molecule has 3 N–H and O–H groups in total. The number of hydrogen-bond acceptors (Lipinski definition) is 3. The van der Waals surface area contributed by atoms with Crippen molar-refractivity contribution < 1.29 is 4.79 Å². The Kier molecular flexibility index (Phi) is 4.15. The van der Waals surface area contributed by atoms with Gasteiger partial charge >= 0.3 is 0 Å². The van der Waals surface area contributed by atoms with E-state index in [-0.39, 0.29) is 0 Å². The zero-order valence-corrected chi connectivity index (χ0v) is 14.1. The molecular formula is C20H22N4O. The number of nitrogens with two attached hydrogens (primary N) is 1. The molecule has 5 nitrogen and oxygen atoms in total. The van der Waals surface area contributed by atoms with Crippen molar-refractivity contribution >= 4 is 22.5 Å². The van der Waals surface area contributed by atoms with Crippen LogP contribution in [0.4, 0.5) is 5.69 Å². The molecule has 5 heteroatoms. The maximum atomic E-state index is 12.0. The molecule has 2 aromatic carbocycles. The Labute approximate surface area is 147 Å². The molecule has 128 valence electrons. The highest BCUT2D eigenvalue weighted by Crippen LogP contribution is 2.30. The summed E-state index contributed by atoms with van der Waals surface area (Å²) in [6.45, 7) is 4.52. The molecule has 1 aliphatic rings. The summed E-state index contributed by atoms with van der Waals surface area (Å²) >= 11 is 0. The number of fused-ring (bicyclic) bond motifs is 1. The zero-order valence-electron chi connectivity index (χ0n) is 14.1. The molecule has 1 aromatic heterocycles. The number of primary amides is 1. The molecule has 1 saturated heterocycles. The first-order valence-electron chi connectivity index (χ1n) is 8.66. The number of hydrogen-bond donors (Lipinski definition) is 2. The molecular weight excluding hydrogens is 312 g/mol. The summed E-state index contributed by atoms with van der Waals surface area (Å²) < 4.78 is 2.03. The average molecular weight is 334 g/mol. The highest BCUT2D eigenvalue weighted by atomic mass is 16.1. The van der Waals surface area contributed by atoms with E-state index >= 15 is 0 Å². The smallest absolute Gasteiger partial charge is 0.265 e. The number of nitrogens with one attached hydrogen (secondary N) is 1. The molecule has 4 rings (SSSR count). The molecule has 1 aliphatic heterocycles. The van der Waals surface area contributed by atoms with Crippen molar-refractivity contribution in [2.45, 2.75) is 6.54 Å². The van der Waals surface area contributed by atoms with E-state index in [0.717, 1.165) is 42.6 Å². The van der Waals surface area contributed by atoms with Crippen molar-refractivity contribution in [1.29, 1.82) is 0 Å². The van der Waals surface area contributed by atoms with Gasteiger partial charge < -0.3 is 20.5 Å². The van der Waals surface area contributed by atoms with Gasteiger partial charge in [-0.3, -0.25) is 4.79 Å². The van der Waals surface area contributed by atoms with E-state index in [1.165, 1.54) is 5.69 Å². The largest absolute Gasteiger partial charge is 0.368 e. The molecule has 3 aromatic rings. The summed E-state index contributed by atoms with van der Waals surface area (Å²) in [5.74, 6) is -0.390. The van der Waals surface area contributed by atoms with E-state index in [9.17, 15) is 4.79 Å². The number of aromatic nitrogens is 1. The Hall–Kier alpha value is -2.79. The van der Waals surface area contributed by atoms with Crippen LogP contribution in [0.15, 0.2) is 54.6 Å². The van der Waals surface area contributed by atoms with Gasteiger partial charge in [0.15, 0.2) is 0 Å².